The largest absolute Gasteiger partial charge is 0.481 e. The number of carbonyl (C=O) groups is 2. The normalized spacial score (nSPS) is 17.5. The van der Waals surface area contributed by atoms with Gasteiger partial charge < -0.3 is 5.11 Å². The van der Waals surface area contributed by atoms with Gasteiger partial charge in [-0.25, -0.2) is 0 Å². The molecule has 0 amide bonds. The van der Waals surface area contributed by atoms with Crippen LogP contribution in [0.2, 0.25) is 5.02 Å². The Bertz CT molecular complexity index is 575. The molecule has 1 fully saturated rings. The first-order chi connectivity index (χ1) is 9.83. The summed E-state index contributed by atoms with van der Waals surface area (Å²) in [4.78, 5) is 22.2. The molecule has 1 aliphatic rings. The lowest BCUT2D eigenvalue weighted by Gasteiger charge is -2.34. The molecule has 21 heavy (non-hydrogen) atoms. The number of carboxylic acids is 1. The smallest absolute Gasteiger partial charge is 0.307 e. The summed E-state index contributed by atoms with van der Waals surface area (Å²) >= 11 is 13.1. The van der Waals surface area contributed by atoms with Gasteiger partial charge in [0.05, 0.1) is 11.3 Å². The third-order valence-electron chi connectivity index (χ3n) is 3.98. The topological polar surface area (TPSA) is 54.4 Å². The van der Waals surface area contributed by atoms with Crippen molar-refractivity contribution in [2.24, 2.45) is 0 Å². The van der Waals surface area contributed by atoms with Gasteiger partial charge in [-0.15, -0.1) is 11.6 Å². The molecule has 1 saturated carbocycles. The number of carbonyl (C=O) groups excluding carboxylic acids is 1. The second-order valence-corrected chi connectivity index (χ2v) is 6.78. The van der Waals surface area contributed by atoms with Gasteiger partial charge in [0.1, 0.15) is 0 Å². The van der Waals surface area contributed by atoms with Crippen molar-refractivity contribution in [1.82, 2.24) is 0 Å². The highest BCUT2D eigenvalue weighted by Crippen LogP contribution is 2.47. The van der Waals surface area contributed by atoms with Crippen LogP contribution in [0, 0.1) is 0 Å². The van der Waals surface area contributed by atoms with Crippen molar-refractivity contribution in [2.45, 2.75) is 50.3 Å². The van der Waals surface area contributed by atoms with Gasteiger partial charge >= 0.3 is 5.97 Å². The van der Waals surface area contributed by atoms with E-state index in [1.54, 1.807) is 12.1 Å². The minimum atomic E-state index is -0.952. The Kier molecular flexibility index (Phi) is 4.95. The number of hydrogen-bond donors (Lipinski definition) is 1. The average Bonchev–Trinajstić information content (AvgIpc) is 2.37. The van der Waals surface area contributed by atoms with E-state index in [2.05, 4.69) is 0 Å². The zero-order chi connectivity index (χ0) is 15.6. The van der Waals surface area contributed by atoms with Crippen LogP contribution in [-0.4, -0.2) is 16.9 Å². The molecular formula is C16H18Cl2O3. The molecule has 1 aliphatic carbocycles. The Morgan fingerprint density at radius 3 is 2.38 bits per heavy atom. The fraction of sp³-hybridized carbons (Fsp3) is 0.500. The lowest BCUT2D eigenvalue weighted by Crippen LogP contribution is -2.25. The number of rotatable bonds is 4. The number of halogens is 2. The maximum absolute atomic E-state index is 12.0. The molecule has 1 N–H and O–H groups in total. The molecule has 0 unspecified atom stereocenters. The molecule has 3 nitrogen and oxygen atoms in total. The van der Waals surface area contributed by atoms with E-state index in [1.807, 2.05) is 0 Å². The van der Waals surface area contributed by atoms with Gasteiger partial charge in [-0.2, -0.15) is 0 Å². The first kappa shape index (κ1) is 16.3. The molecule has 5 heteroatoms. The van der Waals surface area contributed by atoms with Gasteiger partial charge in [-0.05, 0) is 37.5 Å². The van der Waals surface area contributed by atoms with E-state index in [0.717, 1.165) is 32.1 Å². The van der Waals surface area contributed by atoms with Crippen molar-refractivity contribution in [3.05, 3.63) is 33.8 Å². The lowest BCUT2D eigenvalue weighted by molar-refractivity contribution is -0.136. The first-order valence-electron chi connectivity index (χ1n) is 7.08. The summed E-state index contributed by atoms with van der Waals surface area (Å²) < 4.78 is 0. The van der Waals surface area contributed by atoms with E-state index in [-0.39, 0.29) is 12.2 Å². The van der Waals surface area contributed by atoms with Crippen molar-refractivity contribution in [3.63, 3.8) is 0 Å². The fourth-order valence-corrected chi connectivity index (χ4v) is 3.98. The average molecular weight is 329 g/mol. The molecule has 0 aromatic heterocycles. The van der Waals surface area contributed by atoms with Crippen LogP contribution >= 0.6 is 23.2 Å². The first-order valence-corrected chi connectivity index (χ1v) is 7.83. The van der Waals surface area contributed by atoms with E-state index >= 15 is 0 Å². The molecule has 1 aromatic rings. The van der Waals surface area contributed by atoms with Crippen LogP contribution in [0.15, 0.2) is 12.1 Å². The van der Waals surface area contributed by atoms with Gasteiger partial charge in [-0.3, -0.25) is 9.59 Å². The van der Waals surface area contributed by atoms with Crippen LogP contribution in [-0.2, 0) is 16.1 Å². The highest BCUT2D eigenvalue weighted by Gasteiger charge is 2.36. The summed E-state index contributed by atoms with van der Waals surface area (Å²) in [5.41, 5.74) is 1.65. The summed E-state index contributed by atoms with van der Waals surface area (Å²) in [7, 11) is 0. The molecule has 0 saturated heterocycles. The zero-order valence-corrected chi connectivity index (χ0v) is 13.4. The highest BCUT2D eigenvalue weighted by molar-refractivity contribution is 6.34. The minimum absolute atomic E-state index is 0.135. The summed E-state index contributed by atoms with van der Waals surface area (Å²) in [6, 6.07) is 3.24. The van der Waals surface area contributed by atoms with E-state index in [1.165, 1.54) is 6.92 Å². The third-order valence-corrected chi connectivity index (χ3v) is 4.84. The SMILES string of the molecule is CC(=O)c1cc(CC(=O)O)cc(Cl)c1C1(Cl)CCCCC1. The van der Waals surface area contributed by atoms with Gasteiger partial charge in [-0.1, -0.05) is 30.9 Å². The summed E-state index contributed by atoms with van der Waals surface area (Å²) in [6.45, 7) is 1.46. The van der Waals surface area contributed by atoms with Crippen molar-refractivity contribution in [2.75, 3.05) is 0 Å². The van der Waals surface area contributed by atoms with Crippen LogP contribution in [0.25, 0.3) is 0 Å². The Labute approximate surface area is 134 Å². The Hall–Kier alpha value is -1.06. The highest BCUT2D eigenvalue weighted by atomic mass is 35.5. The Morgan fingerprint density at radius 2 is 1.86 bits per heavy atom. The molecule has 0 bridgehead atoms. The number of aliphatic carboxylic acids is 1. The van der Waals surface area contributed by atoms with Crippen molar-refractivity contribution >= 4 is 35.0 Å². The fourth-order valence-electron chi connectivity index (χ4n) is 3.03. The molecule has 2 rings (SSSR count). The van der Waals surface area contributed by atoms with Gasteiger partial charge in [0, 0.05) is 16.1 Å². The van der Waals surface area contributed by atoms with E-state index < -0.39 is 10.8 Å². The molecule has 0 spiro atoms. The molecule has 0 atom stereocenters. The number of alkyl halides is 1. The second kappa shape index (κ2) is 6.37. The molecule has 0 aliphatic heterocycles. The predicted octanol–water partition coefficient (Wildman–Crippen LogP) is 4.57. The second-order valence-electron chi connectivity index (χ2n) is 5.65. The van der Waals surface area contributed by atoms with Crippen molar-refractivity contribution in [3.8, 4) is 0 Å². The maximum atomic E-state index is 12.0. The van der Waals surface area contributed by atoms with Crippen LogP contribution in [0.1, 0.15) is 60.5 Å². The van der Waals surface area contributed by atoms with E-state index in [9.17, 15) is 9.59 Å². The standard InChI is InChI=1S/C16H18Cl2O3/c1-10(19)12-7-11(9-14(20)21)8-13(17)15(12)16(18)5-3-2-4-6-16/h7-8H,2-6,9H2,1H3,(H,20,21). The summed E-state index contributed by atoms with van der Waals surface area (Å²) in [5, 5.41) is 9.30. The molecular weight excluding hydrogens is 311 g/mol. The maximum Gasteiger partial charge on any atom is 0.307 e. The van der Waals surface area contributed by atoms with Crippen molar-refractivity contribution in [1.29, 1.82) is 0 Å². The predicted molar refractivity (Wildman–Crippen MR) is 83.4 cm³/mol. The third kappa shape index (κ3) is 3.58. The molecule has 114 valence electrons. The van der Waals surface area contributed by atoms with Crippen LogP contribution in [0.3, 0.4) is 0 Å². The van der Waals surface area contributed by atoms with E-state index in [0.29, 0.717) is 21.7 Å². The number of Topliss-reactive ketones (excluding diaryl/α,β-unsaturated/α-hetero) is 1. The van der Waals surface area contributed by atoms with Crippen LogP contribution in [0.4, 0.5) is 0 Å². The lowest BCUT2D eigenvalue weighted by atomic mass is 9.80. The van der Waals surface area contributed by atoms with Crippen LogP contribution < -0.4 is 0 Å². The Morgan fingerprint density at radius 1 is 1.24 bits per heavy atom. The minimum Gasteiger partial charge on any atom is -0.481 e. The van der Waals surface area contributed by atoms with Gasteiger partial charge in [0.25, 0.3) is 0 Å². The number of ketones is 1. The van der Waals surface area contributed by atoms with Gasteiger partial charge in [0.15, 0.2) is 5.78 Å². The van der Waals surface area contributed by atoms with Gasteiger partial charge in [0.2, 0.25) is 0 Å². The number of carboxylic acid groups (broad SMARTS) is 1. The zero-order valence-electron chi connectivity index (χ0n) is 11.9. The quantitative estimate of drug-likeness (QED) is 0.650. The van der Waals surface area contributed by atoms with Crippen LogP contribution in [0.5, 0.6) is 0 Å². The number of hydrogen-bond acceptors (Lipinski definition) is 2. The molecule has 0 heterocycles. The summed E-state index contributed by atoms with van der Waals surface area (Å²) in [5.74, 6) is -1.09. The molecule has 1 aromatic carbocycles. The van der Waals surface area contributed by atoms with E-state index in [4.69, 9.17) is 28.3 Å². The van der Waals surface area contributed by atoms with Crippen molar-refractivity contribution < 1.29 is 14.7 Å². The number of benzene rings is 1. The summed E-state index contributed by atoms with van der Waals surface area (Å²) in [6.07, 6.45) is 4.57. The Balaban J connectivity index is 2.54. The molecule has 0 radical (unpaired) electrons. The monoisotopic (exact) mass is 328 g/mol.